The maximum Gasteiger partial charge on any atom is 0.271 e. The first-order valence-corrected chi connectivity index (χ1v) is 8.30. The van der Waals surface area contributed by atoms with Crippen LogP contribution >= 0.6 is 15.9 Å². The van der Waals surface area contributed by atoms with Gasteiger partial charge in [-0.05, 0) is 48.4 Å². The fraction of sp³-hybridized carbons (Fsp3) is 0.222. The molecular formula is C18H19BrN2O3. The van der Waals surface area contributed by atoms with Crippen molar-refractivity contribution in [3.63, 3.8) is 0 Å². The van der Waals surface area contributed by atoms with Crippen molar-refractivity contribution in [2.24, 2.45) is 11.0 Å². The maximum absolute atomic E-state index is 12.0. The van der Waals surface area contributed by atoms with Gasteiger partial charge in [-0.2, -0.15) is 5.10 Å². The number of rotatable bonds is 6. The van der Waals surface area contributed by atoms with Gasteiger partial charge in [0.05, 0.1) is 12.8 Å². The Hall–Kier alpha value is -2.34. The van der Waals surface area contributed by atoms with E-state index in [1.807, 2.05) is 0 Å². The zero-order valence-electron chi connectivity index (χ0n) is 13.5. The number of carbonyl (C=O) groups excluding carboxylic acids is 1. The van der Waals surface area contributed by atoms with Crippen molar-refractivity contribution in [2.45, 2.75) is 13.8 Å². The van der Waals surface area contributed by atoms with Crippen molar-refractivity contribution in [2.75, 3.05) is 6.61 Å². The second-order valence-corrected chi connectivity index (χ2v) is 6.55. The lowest BCUT2D eigenvalue weighted by molar-refractivity contribution is 0.0955. The molecule has 126 valence electrons. The smallest absolute Gasteiger partial charge is 0.271 e. The number of hydrogen-bond donors (Lipinski definition) is 2. The highest BCUT2D eigenvalue weighted by molar-refractivity contribution is 9.10. The molecule has 0 saturated heterocycles. The molecule has 5 nitrogen and oxygen atoms in total. The number of nitrogens with one attached hydrogen (secondary N) is 1. The first-order chi connectivity index (χ1) is 11.5. The third-order valence-electron chi connectivity index (χ3n) is 3.06. The van der Waals surface area contributed by atoms with E-state index in [0.29, 0.717) is 23.7 Å². The first-order valence-electron chi connectivity index (χ1n) is 7.50. The number of amides is 1. The minimum absolute atomic E-state index is 0.0860. The largest absolute Gasteiger partial charge is 0.507 e. The highest BCUT2D eigenvalue weighted by Gasteiger charge is 2.05. The van der Waals surface area contributed by atoms with Crippen molar-refractivity contribution in [1.29, 1.82) is 0 Å². The van der Waals surface area contributed by atoms with Crippen LogP contribution in [-0.2, 0) is 0 Å². The molecule has 2 aromatic carbocycles. The average molecular weight is 391 g/mol. The quantitative estimate of drug-likeness (QED) is 0.579. The zero-order chi connectivity index (χ0) is 17.5. The summed E-state index contributed by atoms with van der Waals surface area (Å²) in [6.07, 6.45) is 1.39. The van der Waals surface area contributed by atoms with Gasteiger partial charge in [-0.25, -0.2) is 5.43 Å². The van der Waals surface area contributed by atoms with Crippen molar-refractivity contribution in [1.82, 2.24) is 5.43 Å². The van der Waals surface area contributed by atoms with Gasteiger partial charge < -0.3 is 9.84 Å². The lowest BCUT2D eigenvalue weighted by Gasteiger charge is -2.08. The number of hydrogen-bond acceptors (Lipinski definition) is 4. The molecule has 0 heterocycles. The highest BCUT2D eigenvalue weighted by atomic mass is 79.9. The maximum atomic E-state index is 12.0. The summed E-state index contributed by atoms with van der Waals surface area (Å²) in [5.74, 6) is 0.915. The Labute approximate surface area is 149 Å². The van der Waals surface area contributed by atoms with E-state index in [4.69, 9.17) is 4.74 Å². The third-order valence-corrected chi connectivity index (χ3v) is 3.55. The van der Waals surface area contributed by atoms with Gasteiger partial charge in [-0.1, -0.05) is 29.8 Å². The molecule has 0 aliphatic carbocycles. The van der Waals surface area contributed by atoms with Gasteiger partial charge in [-0.3, -0.25) is 4.79 Å². The Bertz CT molecular complexity index is 728. The van der Waals surface area contributed by atoms with E-state index in [0.717, 1.165) is 10.2 Å². The SMILES string of the molecule is CC(C)COc1ccc(C(=O)NN=Cc2cc(Br)ccc2O)cc1. The van der Waals surface area contributed by atoms with Crippen LogP contribution in [0.2, 0.25) is 0 Å². The zero-order valence-corrected chi connectivity index (χ0v) is 15.1. The Morgan fingerprint density at radius 1 is 1.29 bits per heavy atom. The molecule has 0 radical (unpaired) electrons. The Balaban J connectivity index is 1.94. The van der Waals surface area contributed by atoms with Gasteiger partial charge in [0.1, 0.15) is 11.5 Å². The number of aromatic hydroxyl groups is 1. The third kappa shape index (κ3) is 5.38. The Morgan fingerprint density at radius 3 is 2.67 bits per heavy atom. The highest BCUT2D eigenvalue weighted by Crippen LogP contribution is 2.20. The van der Waals surface area contributed by atoms with Gasteiger partial charge in [0.15, 0.2) is 0 Å². The van der Waals surface area contributed by atoms with Gasteiger partial charge in [0.25, 0.3) is 5.91 Å². The van der Waals surface area contributed by atoms with Crippen LogP contribution in [0, 0.1) is 5.92 Å². The van der Waals surface area contributed by atoms with Crippen LogP contribution in [0.5, 0.6) is 11.5 Å². The second kappa shape index (κ2) is 8.49. The second-order valence-electron chi connectivity index (χ2n) is 5.63. The van der Waals surface area contributed by atoms with Crippen LogP contribution in [0.4, 0.5) is 0 Å². The molecule has 0 spiro atoms. The molecule has 0 fully saturated rings. The molecule has 0 unspecified atom stereocenters. The summed E-state index contributed by atoms with van der Waals surface area (Å²) >= 11 is 3.31. The van der Waals surface area contributed by atoms with Crippen molar-refractivity contribution in [3.05, 3.63) is 58.1 Å². The van der Waals surface area contributed by atoms with Crippen molar-refractivity contribution >= 4 is 28.1 Å². The number of phenols is 1. The average Bonchev–Trinajstić information content (AvgIpc) is 2.56. The summed E-state index contributed by atoms with van der Waals surface area (Å²) in [5.41, 5.74) is 3.40. The predicted octanol–water partition coefficient (Wildman–Crippen LogP) is 3.95. The summed E-state index contributed by atoms with van der Waals surface area (Å²) < 4.78 is 6.38. The van der Waals surface area contributed by atoms with Crippen LogP contribution in [0.15, 0.2) is 52.0 Å². The fourth-order valence-corrected chi connectivity index (χ4v) is 2.20. The monoisotopic (exact) mass is 390 g/mol. The van der Waals surface area contributed by atoms with E-state index in [9.17, 15) is 9.90 Å². The summed E-state index contributed by atoms with van der Waals surface area (Å²) in [6, 6.07) is 11.8. The molecule has 24 heavy (non-hydrogen) atoms. The number of phenolic OH excluding ortho intramolecular Hbond substituents is 1. The van der Waals surface area contributed by atoms with Gasteiger partial charge >= 0.3 is 0 Å². The number of halogens is 1. The van der Waals surface area contributed by atoms with E-state index in [-0.39, 0.29) is 11.7 Å². The van der Waals surface area contributed by atoms with Crippen LogP contribution in [0.25, 0.3) is 0 Å². The fourth-order valence-electron chi connectivity index (χ4n) is 1.82. The lowest BCUT2D eigenvalue weighted by Crippen LogP contribution is -2.17. The molecule has 2 aromatic rings. The van der Waals surface area contributed by atoms with Crippen molar-refractivity contribution in [3.8, 4) is 11.5 Å². The van der Waals surface area contributed by atoms with E-state index in [2.05, 4.69) is 40.3 Å². The molecule has 0 atom stereocenters. The molecule has 0 saturated carbocycles. The standard InChI is InChI=1S/C18H19BrN2O3/c1-12(2)11-24-16-6-3-13(4-7-16)18(23)21-20-10-14-9-15(19)5-8-17(14)22/h3-10,12,22H,11H2,1-2H3,(H,21,23). The topological polar surface area (TPSA) is 70.9 Å². The van der Waals surface area contributed by atoms with E-state index >= 15 is 0 Å². The number of benzene rings is 2. The van der Waals surface area contributed by atoms with Crippen LogP contribution in [0.1, 0.15) is 29.8 Å². The van der Waals surface area contributed by atoms with Gasteiger partial charge in [-0.15, -0.1) is 0 Å². The van der Waals surface area contributed by atoms with Crippen LogP contribution < -0.4 is 10.2 Å². The number of ether oxygens (including phenoxy) is 1. The van der Waals surface area contributed by atoms with Crippen molar-refractivity contribution < 1.29 is 14.6 Å². The molecule has 0 aliphatic heterocycles. The molecule has 6 heteroatoms. The Morgan fingerprint density at radius 2 is 2.00 bits per heavy atom. The van der Waals surface area contributed by atoms with E-state index in [1.165, 1.54) is 6.21 Å². The summed E-state index contributed by atoms with van der Waals surface area (Å²) in [7, 11) is 0. The summed E-state index contributed by atoms with van der Waals surface area (Å²) in [5, 5.41) is 13.6. The lowest BCUT2D eigenvalue weighted by atomic mass is 10.2. The molecule has 0 aromatic heterocycles. The minimum atomic E-state index is -0.337. The number of carbonyl (C=O) groups is 1. The molecule has 0 aliphatic rings. The minimum Gasteiger partial charge on any atom is -0.507 e. The summed E-state index contributed by atoms with van der Waals surface area (Å²) in [6.45, 7) is 4.78. The predicted molar refractivity (Wildman–Crippen MR) is 97.6 cm³/mol. The molecule has 1 amide bonds. The van der Waals surface area contributed by atoms with Crippen LogP contribution in [0.3, 0.4) is 0 Å². The summed E-state index contributed by atoms with van der Waals surface area (Å²) in [4.78, 5) is 12.0. The molecule has 2 N–H and O–H groups in total. The molecule has 2 rings (SSSR count). The normalized spacial score (nSPS) is 11.0. The first kappa shape index (κ1) is 18.0. The number of hydrazone groups is 1. The van der Waals surface area contributed by atoms with Gasteiger partial charge in [0, 0.05) is 15.6 Å². The Kier molecular flexibility index (Phi) is 6.37. The van der Waals surface area contributed by atoms with Gasteiger partial charge in [0.2, 0.25) is 0 Å². The molecule has 0 bridgehead atoms. The molecular weight excluding hydrogens is 372 g/mol. The number of nitrogens with zero attached hydrogens (tertiary/aromatic N) is 1. The van der Waals surface area contributed by atoms with E-state index in [1.54, 1.807) is 42.5 Å². The van der Waals surface area contributed by atoms with Crippen LogP contribution in [-0.4, -0.2) is 23.8 Å². The van der Waals surface area contributed by atoms with E-state index < -0.39 is 0 Å².